The third-order valence-corrected chi connectivity index (χ3v) is 5.47. The van der Waals surface area contributed by atoms with Gasteiger partial charge >= 0.3 is 0 Å². The summed E-state index contributed by atoms with van der Waals surface area (Å²) in [5.41, 5.74) is 1.53. The van der Waals surface area contributed by atoms with Gasteiger partial charge in [0.2, 0.25) is 0 Å². The second-order valence-corrected chi connectivity index (χ2v) is 6.58. The maximum Gasteiger partial charge on any atom is 0.0317 e. The summed E-state index contributed by atoms with van der Waals surface area (Å²) < 4.78 is 1.32. The maximum atomic E-state index is 3.76. The van der Waals surface area contributed by atoms with Gasteiger partial charge in [-0.3, -0.25) is 0 Å². The highest BCUT2D eigenvalue weighted by molar-refractivity contribution is 9.10. The lowest BCUT2D eigenvalue weighted by Gasteiger charge is -2.26. The summed E-state index contributed by atoms with van der Waals surface area (Å²) in [6.45, 7) is 3.40. The molecule has 1 nitrogen and oxygen atoms in total. The minimum absolute atomic E-state index is 0.684. The van der Waals surface area contributed by atoms with E-state index in [2.05, 4.69) is 38.9 Å². The van der Waals surface area contributed by atoms with E-state index in [9.17, 15) is 0 Å². The number of nitrogens with one attached hydrogen (secondary N) is 1. The number of thiophene rings is 1. The van der Waals surface area contributed by atoms with Gasteiger partial charge in [-0.2, -0.15) is 11.3 Å². The molecule has 0 bridgehead atoms. The van der Waals surface area contributed by atoms with Crippen LogP contribution in [0.25, 0.3) is 0 Å². The zero-order valence-electron chi connectivity index (χ0n) is 10.5. The van der Waals surface area contributed by atoms with Crippen molar-refractivity contribution in [3.63, 3.8) is 0 Å². The Labute approximate surface area is 117 Å². The van der Waals surface area contributed by atoms with E-state index in [1.165, 1.54) is 48.6 Å². The number of hydrogen-bond donors (Lipinski definition) is 1. The van der Waals surface area contributed by atoms with Gasteiger partial charge in [-0.15, -0.1) is 0 Å². The fourth-order valence-electron chi connectivity index (χ4n) is 2.81. The third kappa shape index (κ3) is 3.55. The van der Waals surface area contributed by atoms with Crippen molar-refractivity contribution < 1.29 is 0 Å². The van der Waals surface area contributed by atoms with Gasteiger partial charge in [0.15, 0.2) is 0 Å². The second-order valence-electron chi connectivity index (χ2n) is 4.98. The molecule has 0 radical (unpaired) electrons. The Morgan fingerprint density at radius 1 is 1.29 bits per heavy atom. The van der Waals surface area contributed by atoms with Crippen molar-refractivity contribution in [1.29, 1.82) is 0 Å². The van der Waals surface area contributed by atoms with E-state index < -0.39 is 0 Å². The van der Waals surface area contributed by atoms with Crippen LogP contribution in [-0.4, -0.2) is 12.6 Å². The summed E-state index contributed by atoms with van der Waals surface area (Å²) in [5, 5.41) is 8.31. The van der Waals surface area contributed by atoms with Crippen LogP contribution in [0.1, 0.15) is 56.9 Å². The summed E-state index contributed by atoms with van der Waals surface area (Å²) in [6, 6.07) is 0.684. The number of halogens is 1. The molecule has 0 aliphatic heterocycles. The molecule has 1 saturated carbocycles. The van der Waals surface area contributed by atoms with E-state index >= 15 is 0 Å². The van der Waals surface area contributed by atoms with Crippen LogP contribution in [0.5, 0.6) is 0 Å². The Kier molecular flexibility index (Phi) is 5.51. The summed E-state index contributed by atoms with van der Waals surface area (Å²) in [5.74, 6) is 0.713. The fraction of sp³-hybridized carbons (Fsp3) is 0.714. The Bertz CT molecular complexity index is 337. The average Bonchev–Trinajstić information content (AvgIpc) is 2.63. The van der Waals surface area contributed by atoms with Crippen LogP contribution in [0.15, 0.2) is 15.2 Å². The van der Waals surface area contributed by atoms with E-state index in [0.29, 0.717) is 12.0 Å². The molecule has 1 N–H and O–H groups in total. The van der Waals surface area contributed by atoms with Gasteiger partial charge in [0, 0.05) is 21.8 Å². The van der Waals surface area contributed by atoms with Gasteiger partial charge in [-0.1, -0.05) is 26.2 Å². The largest absolute Gasteiger partial charge is 0.313 e. The highest BCUT2D eigenvalue weighted by atomic mass is 79.9. The fourth-order valence-corrected chi connectivity index (χ4v) is 4.47. The van der Waals surface area contributed by atoms with Crippen molar-refractivity contribution in [1.82, 2.24) is 5.32 Å². The van der Waals surface area contributed by atoms with E-state index in [-0.39, 0.29) is 0 Å². The molecule has 2 unspecified atom stereocenters. The zero-order valence-corrected chi connectivity index (χ0v) is 12.9. The standard InChI is InChI=1S/C14H22BrNS/c1-2-8-16-14-7-5-3-4-6-11(14)12-9-17-10-13(12)15/h9-11,14,16H,2-8H2,1H3. The third-order valence-electron chi connectivity index (χ3n) is 3.71. The van der Waals surface area contributed by atoms with Crippen molar-refractivity contribution in [2.75, 3.05) is 6.54 Å². The van der Waals surface area contributed by atoms with Crippen LogP contribution in [0.3, 0.4) is 0 Å². The van der Waals surface area contributed by atoms with Crippen LogP contribution < -0.4 is 5.32 Å². The summed E-state index contributed by atoms with van der Waals surface area (Å²) in [7, 11) is 0. The van der Waals surface area contributed by atoms with Crippen LogP contribution in [-0.2, 0) is 0 Å². The minimum Gasteiger partial charge on any atom is -0.313 e. The molecule has 0 aromatic carbocycles. The minimum atomic E-state index is 0.684. The van der Waals surface area contributed by atoms with E-state index in [1.807, 2.05) is 11.3 Å². The first-order valence-corrected chi connectivity index (χ1v) is 8.51. The van der Waals surface area contributed by atoms with E-state index in [0.717, 1.165) is 6.54 Å². The first-order valence-electron chi connectivity index (χ1n) is 6.78. The molecule has 1 aliphatic rings. The predicted octanol–water partition coefficient (Wildman–Crippen LogP) is 4.93. The lowest BCUT2D eigenvalue weighted by molar-refractivity contribution is 0.411. The normalized spacial score (nSPS) is 25.8. The quantitative estimate of drug-likeness (QED) is 0.777. The lowest BCUT2D eigenvalue weighted by atomic mass is 9.89. The van der Waals surface area contributed by atoms with E-state index in [1.54, 1.807) is 0 Å². The highest BCUT2D eigenvalue weighted by Gasteiger charge is 2.26. The van der Waals surface area contributed by atoms with Crippen LogP contribution in [0.4, 0.5) is 0 Å². The molecule has 96 valence electrons. The Balaban J connectivity index is 2.11. The summed E-state index contributed by atoms with van der Waals surface area (Å²) >= 11 is 5.52. The Morgan fingerprint density at radius 3 is 2.82 bits per heavy atom. The van der Waals surface area contributed by atoms with Crippen molar-refractivity contribution in [2.45, 2.75) is 57.4 Å². The van der Waals surface area contributed by atoms with Crippen molar-refractivity contribution in [3.8, 4) is 0 Å². The number of hydrogen-bond acceptors (Lipinski definition) is 2. The molecule has 1 aromatic heterocycles. The second kappa shape index (κ2) is 6.91. The van der Waals surface area contributed by atoms with E-state index in [4.69, 9.17) is 0 Å². The first kappa shape index (κ1) is 13.6. The first-order chi connectivity index (χ1) is 8.33. The van der Waals surface area contributed by atoms with Crippen LogP contribution in [0, 0.1) is 0 Å². The van der Waals surface area contributed by atoms with Gasteiger partial charge in [0.1, 0.15) is 0 Å². The molecule has 1 aromatic rings. The molecule has 0 saturated heterocycles. The lowest BCUT2D eigenvalue weighted by Crippen LogP contribution is -2.34. The smallest absolute Gasteiger partial charge is 0.0317 e. The van der Waals surface area contributed by atoms with Gasteiger partial charge in [0.25, 0.3) is 0 Å². The molecule has 3 heteroatoms. The van der Waals surface area contributed by atoms with Gasteiger partial charge in [-0.05, 0) is 52.7 Å². The zero-order chi connectivity index (χ0) is 12.1. The molecule has 17 heavy (non-hydrogen) atoms. The molecular weight excluding hydrogens is 294 g/mol. The molecule has 2 rings (SSSR count). The van der Waals surface area contributed by atoms with Gasteiger partial charge < -0.3 is 5.32 Å². The monoisotopic (exact) mass is 315 g/mol. The van der Waals surface area contributed by atoms with Crippen molar-refractivity contribution in [3.05, 3.63) is 20.8 Å². The van der Waals surface area contributed by atoms with Crippen molar-refractivity contribution >= 4 is 27.3 Å². The molecule has 1 fully saturated rings. The highest BCUT2D eigenvalue weighted by Crippen LogP contribution is 2.37. The molecule has 0 amide bonds. The molecule has 0 spiro atoms. The van der Waals surface area contributed by atoms with Gasteiger partial charge in [-0.25, -0.2) is 0 Å². The summed E-state index contributed by atoms with van der Waals surface area (Å²) in [4.78, 5) is 0. The van der Waals surface area contributed by atoms with Gasteiger partial charge in [0.05, 0.1) is 0 Å². The van der Waals surface area contributed by atoms with Crippen LogP contribution >= 0.6 is 27.3 Å². The molecular formula is C14H22BrNS. The Morgan fingerprint density at radius 2 is 2.12 bits per heavy atom. The maximum absolute atomic E-state index is 3.76. The average molecular weight is 316 g/mol. The molecule has 1 heterocycles. The molecule has 1 aliphatic carbocycles. The van der Waals surface area contributed by atoms with Crippen LogP contribution in [0.2, 0.25) is 0 Å². The SMILES string of the molecule is CCCNC1CCCCCC1c1cscc1Br. The molecule has 2 atom stereocenters. The summed E-state index contributed by atoms with van der Waals surface area (Å²) in [6.07, 6.45) is 8.09. The van der Waals surface area contributed by atoms with Crippen molar-refractivity contribution in [2.24, 2.45) is 0 Å². The Hall–Kier alpha value is 0.140. The predicted molar refractivity (Wildman–Crippen MR) is 79.9 cm³/mol. The topological polar surface area (TPSA) is 12.0 Å². The number of rotatable bonds is 4.